The molecule has 0 fully saturated rings. The molecule has 2 N–H and O–H groups in total. The molecule has 7 heteroatoms. The average Bonchev–Trinajstić information content (AvgIpc) is 2.27. The Labute approximate surface area is 100 Å². The minimum atomic E-state index is -1.44. The number of hydrogen-bond donors (Lipinski definition) is 2. The van der Waals surface area contributed by atoms with Crippen LogP contribution in [0.2, 0.25) is 0 Å². The Morgan fingerprint density at radius 2 is 2.06 bits per heavy atom. The number of carboxylic acid groups (broad SMARTS) is 1. The summed E-state index contributed by atoms with van der Waals surface area (Å²) in [4.78, 5) is 32.4. The second-order valence-corrected chi connectivity index (χ2v) is 3.43. The zero-order chi connectivity index (χ0) is 13.7. The number of carbonyl (C=O) groups is 3. The summed E-state index contributed by atoms with van der Waals surface area (Å²) in [5.41, 5.74) is -0.421. The van der Waals surface area contributed by atoms with Crippen molar-refractivity contribution in [1.82, 2.24) is 5.32 Å². The minimum absolute atomic E-state index is 0.132. The number of benzene rings is 1. The molecule has 1 aromatic rings. The number of carboxylic acids is 1. The summed E-state index contributed by atoms with van der Waals surface area (Å²) >= 11 is 0. The average molecular weight is 257 g/mol. The number of rotatable bonds is 6. The van der Waals surface area contributed by atoms with Crippen molar-refractivity contribution < 1.29 is 28.3 Å². The van der Waals surface area contributed by atoms with E-state index in [-0.39, 0.29) is 6.41 Å². The normalized spacial score (nSPS) is 11.7. The number of hydrogen-bond acceptors (Lipinski definition) is 3. The van der Waals surface area contributed by atoms with Crippen molar-refractivity contribution in [2.24, 2.45) is 0 Å². The summed E-state index contributed by atoms with van der Waals surface area (Å²) in [5, 5.41) is 10.6. The van der Waals surface area contributed by atoms with Crippen LogP contribution in [0.4, 0.5) is 8.78 Å². The number of halogens is 2. The van der Waals surface area contributed by atoms with Crippen molar-refractivity contribution in [2.75, 3.05) is 0 Å². The number of amides is 1. The lowest BCUT2D eigenvalue weighted by Crippen LogP contribution is -2.37. The second-order valence-electron chi connectivity index (χ2n) is 3.43. The van der Waals surface area contributed by atoms with E-state index in [1.54, 1.807) is 0 Å². The highest BCUT2D eigenvalue weighted by molar-refractivity contribution is 5.99. The first-order chi connectivity index (χ1) is 8.45. The van der Waals surface area contributed by atoms with E-state index in [9.17, 15) is 23.2 Å². The lowest BCUT2D eigenvalue weighted by Gasteiger charge is -2.10. The van der Waals surface area contributed by atoms with Crippen LogP contribution in [0.5, 0.6) is 0 Å². The molecule has 1 atom stereocenters. The van der Waals surface area contributed by atoms with Gasteiger partial charge in [-0.3, -0.25) is 9.59 Å². The summed E-state index contributed by atoms with van der Waals surface area (Å²) in [5.74, 6) is -4.17. The number of aliphatic carboxylic acids is 1. The molecule has 1 unspecified atom stereocenters. The third kappa shape index (κ3) is 3.34. The quantitative estimate of drug-likeness (QED) is 0.581. The number of carbonyl (C=O) groups excluding carboxylic acids is 2. The van der Waals surface area contributed by atoms with Crippen LogP contribution in [0.15, 0.2) is 18.2 Å². The van der Waals surface area contributed by atoms with E-state index in [0.717, 1.165) is 12.1 Å². The van der Waals surface area contributed by atoms with Crippen molar-refractivity contribution in [1.29, 1.82) is 0 Å². The molecule has 1 aromatic carbocycles. The maximum atomic E-state index is 13.2. The standard InChI is InChI=1S/C11H9F2NO4/c12-6-1-2-7(8(13)3-6)10(16)4-9(11(17)18)14-5-15/h1-3,5,9H,4H2,(H,14,15)(H,17,18). The number of ketones is 1. The van der Waals surface area contributed by atoms with Gasteiger partial charge in [-0.05, 0) is 12.1 Å². The highest BCUT2D eigenvalue weighted by Gasteiger charge is 2.22. The minimum Gasteiger partial charge on any atom is -0.480 e. The van der Waals surface area contributed by atoms with Crippen LogP contribution >= 0.6 is 0 Å². The highest BCUT2D eigenvalue weighted by atomic mass is 19.1. The first-order valence-electron chi connectivity index (χ1n) is 4.86. The first kappa shape index (κ1) is 13.8. The van der Waals surface area contributed by atoms with Gasteiger partial charge in [0.05, 0.1) is 5.56 Å². The smallest absolute Gasteiger partial charge is 0.326 e. The van der Waals surface area contributed by atoms with Gasteiger partial charge in [-0.1, -0.05) is 0 Å². The molecule has 0 spiro atoms. The molecule has 0 saturated carbocycles. The molecule has 0 saturated heterocycles. The molecule has 0 heterocycles. The second kappa shape index (κ2) is 5.85. The predicted octanol–water partition coefficient (Wildman–Crippen LogP) is 0.737. The van der Waals surface area contributed by atoms with Crippen LogP contribution < -0.4 is 5.32 Å². The van der Waals surface area contributed by atoms with Crippen molar-refractivity contribution in [3.8, 4) is 0 Å². The van der Waals surface area contributed by atoms with E-state index in [1.165, 1.54) is 0 Å². The summed E-state index contributed by atoms with van der Waals surface area (Å²) in [6.45, 7) is 0. The van der Waals surface area contributed by atoms with Gasteiger partial charge in [-0.15, -0.1) is 0 Å². The van der Waals surface area contributed by atoms with Gasteiger partial charge < -0.3 is 10.4 Å². The maximum Gasteiger partial charge on any atom is 0.326 e. The van der Waals surface area contributed by atoms with Gasteiger partial charge in [0.2, 0.25) is 6.41 Å². The number of Topliss-reactive ketones (excluding diaryl/α,β-unsaturated/α-hetero) is 1. The van der Waals surface area contributed by atoms with E-state index in [0.29, 0.717) is 6.07 Å². The lowest BCUT2D eigenvalue weighted by atomic mass is 10.0. The molecule has 1 amide bonds. The van der Waals surface area contributed by atoms with E-state index >= 15 is 0 Å². The Morgan fingerprint density at radius 3 is 2.56 bits per heavy atom. The third-order valence-electron chi connectivity index (χ3n) is 2.19. The zero-order valence-electron chi connectivity index (χ0n) is 9.02. The summed E-state index contributed by atoms with van der Waals surface area (Å²) in [6, 6.07) is 0.891. The third-order valence-corrected chi connectivity index (χ3v) is 2.19. The fourth-order valence-corrected chi connectivity index (χ4v) is 1.31. The first-order valence-corrected chi connectivity index (χ1v) is 4.86. The van der Waals surface area contributed by atoms with Crippen molar-refractivity contribution in [3.05, 3.63) is 35.4 Å². The van der Waals surface area contributed by atoms with Crippen LogP contribution in [0, 0.1) is 11.6 Å². The summed E-state index contributed by atoms with van der Waals surface area (Å²) < 4.78 is 25.9. The molecule has 96 valence electrons. The fraction of sp³-hybridized carbons (Fsp3) is 0.182. The topological polar surface area (TPSA) is 83.5 Å². The molecule has 1 rings (SSSR count). The van der Waals surface area contributed by atoms with Gasteiger partial charge in [0.1, 0.15) is 17.7 Å². The summed E-state index contributed by atoms with van der Waals surface area (Å²) in [7, 11) is 0. The van der Waals surface area contributed by atoms with E-state index < -0.39 is 41.4 Å². The molecule has 0 aliphatic carbocycles. The van der Waals surface area contributed by atoms with Gasteiger partial charge in [0.15, 0.2) is 5.78 Å². The Morgan fingerprint density at radius 1 is 1.39 bits per heavy atom. The van der Waals surface area contributed by atoms with Gasteiger partial charge in [-0.2, -0.15) is 0 Å². The Bertz CT molecular complexity index is 490. The predicted molar refractivity (Wildman–Crippen MR) is 55.9 cm³/mol. The maximum absolute atomic E-state index is 13.2. The van der Waals surface area contributed by atoms with Crippen molar-refractivity contribution >= 4 is 18.2 Å². The lowest BCUT2D eigenvalue weighted by molar-refractivity contribution is -0.140. The van der Waals surface area contributed by atoms with Crippen LogP contribution in [0.25, 0.3) is 0 Å². The molecule has 0 aliphatic heterocycles. The molecule has 18 heavy (non-hydrogen) atoms. The Hall–Kier alpha value is -2.31. The van der Waals surface area contributed by atoms with E-state index in [1.807, 2.05) is 5.32 Å². The largest absolute Gasteiger partial charge is 0.480 e. The Kier molecular flexibility index (Phi) is 4.47. The van der Waals surface area contributed by atoms with Crippen LogP contribution in [-0.4, -0.2) is 29.3 Å². The van der Waals surface area contributed by atoms with Gasteiger partial charge in [0.25, 0.3) is 0 Å². The van der Waals surface area contributed by atoms with Crippen LogP contribution in [0.1, 0.15) is 16.8 Å². The SMILES string of the molecule is O=CNC(CC(=O)c1ccc(F)cc1F)C(=O)O. The molecular weight excluding hydrogens is 248 g/mol. The van der Waals surface area contributed by atoms with Crippen LogP contribution in [-0.2, 0) is 9.59 Å². The van der Waals surface area contributed by atoms with E-state index in [4.69, 9.17) is 5.11 Å². The number of nitrogens with one attached hydrogen (secondary N) is 1. The van der Waals surface area contributed by atoms with Gasteiger partial charge >= 0.3 is 5.97 Å². The van der Waals surface area contributed by atoms with Gasteiger partial charge in [-0.25, -0.2) is 13.6 Å². The monoisotopic (exact) mass is 257 g/mol. The highest BCUT2D eigenvalue weighted by Crippen LogP contribution is 2.12. The molecule has 0 aromatic heterocycles. The molecule has 0 radical (unpaired) electrons. The van der Waals surface area contributed by atoms with Gasteiger partial charge in [0, 0.05) is 12.5 Å². The molecule has 0 bridgehead atoms. The van der Waals surface area contributed by atoms with E-state index in [2.05, 4.69) is 0 Å². The Balaban J connectivity index is 2.86. The zero-order valence-corrected chi connectivity index (χ0v) is 9.02. The molecule has 0 aliphatic rings. The van der Waals surface area contributed by atoms with Crippen LogP contribution in [0.3, 0.4) is 0 Å². The van der Waals surface area contributed by atoms with Crippen molar-refractivity contribution in [2.45, 2.75) is 12.5 Å². The summed E-state index contributed by atoms with van der Waals surface area (Å²) in [6.07, 6.45) is -0.482. The molecular formula is C11H9F2NO4. The fourth-order valence-electron chi connectivity index (χ4n) is 1.31. The molecule has 5 nitrogen and oxygen atoms in total. The van der Waals surface area contributed by atoms with Crippen molar-refractivity contribution in [3.63, 3.8) is 0 Å².